The maximum Gasteiger partial charge on any atom is 0.306 e. The Morgan fingerprint density at radius 3 is 2.36 bits per heavy atom. The number of hydrogen-bond donors (Lipinski definition) is 1. The van der Waals surface area contributed by atoms with Gasteiger partial charge in [-0.1, -0.05) is 11.6 Å². The zero-order valence-electron chi connectivity index (χ0n) is 10.6. The lowest BCUT2D eigenvalue weighted by molar-refractivity contribution is -0.387. The molecule has 0 aromatic heterocycles. The van der Waals surface area contributed by atoms with Crippen LogP contribution in [0.3, 0.4) is 0 Å². The van der Waals surface area contributed by atoms with Crippen molar-refractivity contribution in [3.63, 3.8) is 0 Å². The van der Waals surface area contributed by atoms with Gasteiger partial charge in [0.1, 0.15) is 0 Å². The van der Waals surface area contributed by atoms with E-state index in [1.165, 1.54) is 0 Å². The van der Waals surface area contributed by atoms with Crippen molar-refractivity contribution in [2.45, 2.75) is 0 Å². The topological polar surface area (TPSA) is 72.2 Å². The number of carbonyl (C=O) groups is 1. The summed E-state index contributed by atoms with van der Waals surface area (Å²) >= 11 is 5.63. The zero-order valence-corrected chi connectivity index (χ0v) is 11.3. The number of rotatable bonds is 3. The molecule has 1 amide bonds. The summed E-state index contributed by atoms with van der Waals surface area (Å²) in [4.78, 5) is 21.6. The molecular formula is C13H6ClF3N2O3. The molecule has 5 nitrogen and oxygen atoms in total. The van der Waals surface area contributed by atoms with E-state index in [0.717, 1.165) is 18.2 Å². The SMILES string of the molecule is O=C(Nc1ccc(F)c([N+](=O)[O-])c1)c1cc(F)c(F)cc1Cl. The van der Waals surface area contributed by atoms with Crippen molar-refractivity contribution in [1.29, 1.82) is 0 Å². The fraction of sp³-hybridized carbons (Fsp3) is 0. The number of benzene rings is 2. The number of amides is 1. The number of halogens is 4. The second-order valence-electron chi connectivity index (χ2n) is 4.12. The van der Waals surface area contributed by atoms with E-state index in [9.17, 15) is 28.1 Å². The van der Waals surface area contributed by atoms with Gasteiger partial charge in [-0.2, -0.15) is 4.39 Å². The molecule has 0 radical (unpaired) electrons. The second kappa shape index (κ2) is 6.02. The first-order valence-electron chi connectivity index (χ1n) is 5.69. The molecule has 0 heterocycles. The highest BCUT2D eigenvalue weighted by atomic mass is 35.5. The maximum absolute atomic E-state index is 13.2. The molecule has 0 saturated heterocycles. The van der Waals surface area contributed by atoms with Crippen LogP contribution in [0.5, 0.6) is 0 Å². The largest absolute Gasteiger partial charge is 0.322 e. The molecular weight excluding hydrogens is 325 g/mol. The molecule has 2 rings (SSSR count). The lowest BCUT2D eigenvalue weighted by atomic mass is 10.2. The highest BCUT2D eigenvalue weighted by Gasteiger charge is 2.18. The molecule has 9 heteroatoms. The number of nitro benzene ring substituents is 1. The van der Waals surface area contributed by atoms with Gasteiger partial charge in [0, 0.05) is 11.8 Å². The summed E-state index contributed by atoms with van der Waals surface area (Å²) in [6.45, 7) is 0. The van der Waals surface area contributed by atoms with Crippen molar-refractivity contribution >= 4 is 28.9 Å². The van der Waals surface area contributed by atoms with Crippen LogP contribution in [0.15, 0.2) is 30.3 Å². The molecule has 114 valence electrons. The van der Waals surface area contributed by atoms with Crippen LogP contribution in [-0.2, 0) is 0 Å². The molecule has 0 bridgehead atoms. The standard InChI is InChI=1S/C13H6ClF3N2O3/c14-8-5-11(17)10(16)4-7(8)13(20)18-6-1-2-9(15)12(3-6)19(21)22/h1-5H,(H,18,20). The third kappa shape index (κ3) is 3.17. The molecule has 1 N–H and O–H groups in total. The van der Waals surface area contributed by atoms with Gasteiger partial charge in [0.15, 0.2) is 11.6 Å². The van der Waals surface area contributed by atoms with Gasteiger partial charge >= 0.3 is 5.69 Å². The Labute approximate surface area is 126 Å². The van der Waals surface area contributed by atoms with Crippen molar-refractivity contribution < 1.29 is 22.9 Å². The van der Waals surface area contributed by atoms with Crippen LogP contribution in [0.1, 0.15) is 10.4 Å². The van der Waals surface area contributed by atoms with Crippen LogP contribution >= 0.6 is 11.6 Å². The minimum absolute atomic E-state index is 0.0982. The molecule has 0 unspecified atom stereocenters. The van der Waals surface area contributed by atoms with Crippen LogP contribution in [0, 0.1) is 27.6 Å². The first-order chi connectivity index (χ1) is 10.3. The molecule has 0 atom stereocenters. The van der Waals surface area contributed by atoms with Crippen LogP contribution in [-0.4, -0.2) is 10.8 Å². The fourth-order valence-corrected chi connectivity index (χ4v) is 1.86. The second-order valence-corrected chi connectivity index (χ2v) is 4.53. The Hall–Kier alpha value is -2.61. The number of nitrogens with zero attached hydrogens (tertiary/aromatic N) is 1. The van der Waals surface area contributed by atoms with E-state index >= 15 is 0 Å². The highest BCUT2D eigenvalue weighted by Crippen LogP contribution is 2.24. The van der Waals surface area contributed by atoms with Crippen LogP contribution in [0.25, 0.3) is 0 Å². The van der Waals surface area contributed by atoms with Gasteiger partial charge in [-0.25, -0.2) is 8.78 Å². The quantitative estimate of drug-likeness (QED) is 0.526. The highest BCUT2D eigenvalue weighted by molar-refractivity contribution is 6.34. The normalized spacial score (nSPS) is 10.4. The number of carbonyl (C=O) groups excluding carboxylic acids is 1. The molecule has 0 aliphatic rings. The Kier molecular flexibility index (Phi) is 4.32. The molecule has 0 spiro atoms. The lowest BCUT2D eigenvalue weighted by Crippen LogP contribution is -2.13. The van der Waals surface area contributed by atoms with Gasteiger partial charge in [-0.15, -0.1) is 0 Å². The van der Waals surface area contributed by atoms with Crippen molar-refractivity contribution in [1.82, 2.24) is 0 Å². The van der Waals surface area contributed by atoms with E-state index in [2.05, 4.69) is 5.32 Å². The van der Waals surface area contributed by atoms with Gasteiger partial charge in [-0.05, 0) is 24.3 Å². The average Bonchev–Trinajstić information content (AvgIpc) is 2.44. The molecule has 0 aliphatic carbocycles. The Morgan fingerprint density at radius 1 is 1.09 bits per heavy atom. The van der Waals surface area contributed by atoms with Crippen molar-refractivity contribution in [2.75, 3.05) is 5.32 Å². The molecule has 2 aromatic rings. The molecule has 22 heavy (non-hydrogen) atoms. The molecule has 0 saturated carbocycles. The summed E-state index contributed by atoms with van der Waals surface area (Å²) in [6, 6.07) is 3.87. The van der Waals surface area contributed by atoms with E-state index in [-0.39, 0.29) is 16.3 Å². The van der Waals surface area contributed by atoms with Gasteiger partial charge < -0.3 is 5.32 Å². The first-order valence-corrected chi connectivity index (χ1v) is 6.07. The number of anilines is 1. The number of hydrogen-bond acceptors (Lipinski definition) is 3. The predicted molar refractivity (Wildman–Crippen MR) is 72.4 cm³/mol. The first kappa shape index (κ1) is 15.8. The van der Waals surface area contributed by atoms with E-state index < -0.39 is 34.0 Å². The summed E-state index contributed by atoms with van der Waals surface area (Å²) in [5.41, 5.74) is -1.30. The van der Waals surface area contributed by atoms with Crippen LogP contribution in [0.4, 0.5) is 24.5 Å². The molecule has 0 fully saturated rings. The third-order valence-electron chi connectivity index (χ3n) is 2.66. The summed E-state index contributed by atoms with van der Waals surface area (Å²) in [7, 11) is 0. The van der Waals surface area contributed by atoms with Crippen molar-refractivity contribution in [2.24, 2.45) is 0 Å². The van der Waals surface area contributed by atoms with E-state index in [0.29, 0.717) is 12.1 Å². The van der Waals surface area contributed by atoms with Crippen LogP contribution in [0.2, 0.25) is 5.02 Å². The Balaban J connectivity index is 2.32. The van der Waals surface area contributed by atoms with E-state index in [1.54, 1.807) is 0 Å². The number of nitrogens with one attached hydrogen (secondary N) is 1. The minimum Gasteiger partial charge on any atom is -0.322 e. The van der Waals surface area contributed by atoms with Crippen molar-refractivity contribution in [3.8, 4) is 0 Å². The summed E-state index contributed by atoms with van der Waals surface area (Å²) < 4.78 is 39.2. The Bertz CT molecular complexity index is 783. The summed E-state index contributed by atoms with van der Waals surface area (Å²) in [6.07, 6.45) is 0. The fourth-order valence-electron chi connectivity index (χ4n) is 1.63. The molecule has 0 aliphatic heterocycles. The van der Waals surface area contributed by atoms with Gasteiger partial charge in [0.2, 0.25) is 5.82 Å². The van der Waals surface area contributed by atoms with Gasteiger partial charge in [0.25, 0.3) is 5.91 Å². The monoisotopic (exact) mass is 330 g/mol. The van der Waals surface area contributed by atoms with E-state index in [4.69, 9.17) is 11.6 Å². The minimum atomic E-state index is -1.28. The lowest BCUT2D eigenvalue weighted by Gasteiger charge is -2.07. The summed E-state index contributed by atoms with van der Waals surface area (Å²) in [5, 5.41) is 12.5. The maximum atomic E-state index is 13.2. The van der Waals surface area contributed by atoms with Gasteiger partial charge in [-0.3, -0.25) is 14.9 Å². The smallest absolute Gasteiger partial charge is 0.306 e. The van der Waals surface area contributed by atoms with E-state index in [1.807, 2.05) is 0 Å². The predicted octanol–water partition coefficient (Wildman–Crippen LogP) is 3.92. The average molecular weight is 331 g/mol. The zero-order chi connectivity index (χ0) is 16.4. The number of nitro groups is 1. The third-order valence-corrected chi connectivity index (χ3v) is 2.97. The molecule has 2 aromatic carbocycles. The Morgan fingerprint density at radius 2 is 1.73 bits per heavy atom. The van der Waals surface area contributed by atoms with Crippen LogP contribution < -0.4 is 5.32 Å². The van der Waals surface area contributed by atoms with Gasteiger partial charge in [0.05, 0.1) is 15.5 Å². The van der Waals surface area contributed by atoms with Crippen molar-refractivity contribution in [3.05, 3.63) is 68.5 Å². The summed E-state index contributed by atoms with van der Waals surface area (Å²) in [5.74, 6) is -4.50.